The summed E-state index contributed by atoms with van der Waals surface area (Å²) in [4.78, 5) is 12.1. The molecule has 2 heterocycles. The number of oxazole rings is 1. The van der Waals surface area contributed by atoms with Crippen LogP contribution in [-0.2, 0) is 0 Å². The Kier molecular flexibility index (Phi) is 1.70. The van der Waals surface area contributed by atoms with E-state index in [0.29, 0.717) is 23.1 Å². The van der Waals surface area contributed by atoms with E-state index >= 15 is 0 Å². The van der Waals surface area contributed by atoms with Gasteiger partial charge in [0.25, 0.3) is 0 Å². The third-order valence-electron chi connectivity index (χ3n) is 1.64. The molecule has 0 aliphatic heterocycles. The van der Waals surface area contributed by atoms with Crippen LogP contribution in [0.15, 0.2) is 23.1 Å². The Hall–Kier alpha value is -1.91. The summed E-state index contributed by atoms with van der Waals surface area (Å²) >= 11 is 0. The van der Waals surface area contributed by atoms with Crippen molar-refractivity contribution in [1.82, 2.24) is 15.0 Å². The average molecular weight is 176 g/mol. The first-order chi connectivity index (χ1) is 6.27. The van der Waals surface area contributed by atoms with E-state index in [1.54, 1.807) is 19.3 Å². The van der Waals surface area contributed by atoms with Gasteiger partial charge in [-0.1, -0.05) is 0 Å². The van der Waals surface area contributed by atoms with Crippen LogP contribution in [0.25, 0.3) is 11.6 Å². The maximum absolute atomic E-state index is 5.58. The van der Waals surface area contributed by atoms with Gasteiger partial charge < -0.3 is 10.2 Å². The molecule has 2 aromatic heterocycles. The van der Waals surface area contributed by atoms with Crippen molar-refractivity contribution in [2.45, 2.75) is 6.92 Å². The average Bonchev–Trinajstić information content (AvgIpc) is 2.62. The SMILES string of the molecule is Cc1ncc(-c2ncco2)nc1N. The maximum Gasteiger partial charge on any atom is 0.246 e. The van der Waals surface area contributed by atoms with Crippen LogP contribution in [0.5, 0.6) is 0 Å². The predicted octanol–water partition coefficient (Wildman–Crippen LogP) is 1.02. The fraction of sp³-hybridized carbons (Fsp3) is 0.125. The number of rotatable bonds is 1. The number of aromatic nitrogens is 3. The molecule has 5 heteroatoms. The van der Waals surface area contributed by atoms with Gasteiger partial charge in [-0.25, -0.2) is 9.97 Å². The number of hydrogen-bond donors (Lipinski definition) is 1. The van der Waals surface area contributed by atoms with E-state index < -0.39 is 0 Å². The molecule has 0 saturated heterocycles. The van der Waals surface area contributed by atoms with Gasteiger partial charge in [0, 0.05) is 0 Å². The molecule has 5 nitrogen and oxygen atoms in total. The van der Waals surface area contributed by atoms with Gasteiger partial charge in [0.1, 0.15) is 17.8 Å². The molecule has 0 amide bonds. The summed E-state index contributed by atoms with van der Waals surface area (Å²) in [6.45, 7) is 1.79. The second-order valence-electron chi connectivity index (χ2n) is 2.56. The first-order valence-electron chi connectivity index (χ1n) is 3.76. The fourth-order valence-corrected chi connectivity index (χ4v) is 0.917. The molecule has 0 aliphatic rings. The van der Waals surface area contributed by atoms with Crippen molar-refractivity contribution >= 4 is 5.82 Å². The molecule has 2 N–H and O–H groups in total. The molecule has 2 rings (SSSR count). The molecule has 0 aromatic carbocycles. The van der Waals surface area contributed by atoms with Crippen molar-refractivity contribution in [3.05, 3.63) is 24.4 Å². The van der Waals surface area contributed by atoms with E-state index in [2.05, 4.69) is 15.0 Å². The standard InChI is InChI=1S/C8H8N4O/c1-5-7(9)12-6(4-11-5)8-10-2-3-13-8/h2-4H,1H3,(H2,9,12). The van der Waals surface area contributed by atoms with Crippen LogP contribution in [-0.4, -0.2) is 15.0 Å². The molecule has 0 radical (unpaired) electrons. The highest BCUT2D eigenvalue weighted by atomic mass is 16.3. The molecule has 0 aliphatic carbocycles. The van der Waals surface area contributed by atoms with E-state index in [4.69, 9.17) is 10.2 Å². The second kappa shape index (κ2) is 2.85. The number of hydrogen-bond acceptors (Lipinski definition) is 5. The predicted molar refractivity (Wildman–Crippen MR) is 46.7 cm³/mol. The molecule has 0 spiro atoms. The van der Waals surface area contributed by atoms with Gasteiger partial charge in [-0.2, -0.15) is 0 Å². The van der Waals surface area contributed by atoms with E-state index in [9.17, 15) is 0 Å². The summed E-state index contributed by atoms with van der Waals surface area (Å²) < 4.78 is 5.05. The molecular weight excluding hydrogens is 168 g/mol. The van der Waals surface area contributed by atoms with Crippen LogP contribution in [0.2, 0.25) is 0 Å². The molecular formula is C8H8N4O. The Bertz CT molecular complexity index is 410. The van der Waals surface area contributed by atoms with Gasteiger partial charge in [-0.3, -0.25) is 4.98 Å². The summed E-state index contributed by atoms with van der Waals surface area (Å²) in [6, 6.07) is 0. The smallest absolute Gasteiger partial charge is 0.246 e. The quantitative estimate of drug-likeness (QED) is 0.701. The van der Waals surface area contributed by atoms with Crippen LogP contribution >= 0.6 is 0 Å². The zero-order chi connectivity index (χ0) is 9.26. The van der Waals surface area contributed by atoms with Crippen molar-refractivity contribution < 1.29 is 4.42 Å². The molecule has 0 unspecified atom stereocenters. The van der Waals surface area contributed by atoms with Gasteiger partial charge in [0.15, 0.2) is 0 Å². The number of nitrogen functional groups attached to an aromatic ring is 1. The van der Waals surface area contributed by atoms with E-state index in [0.717, 1.165) is 0 Å². The molecule has 13 heavy (non-hydrogen) atoms. The number of nitrogens with zero attached hydrogens (tertiary/aromatic N) is 3. The number of aryl methyl sites for hydroxylation is 1. The number of nitrogens with two attached hydrogens (primary N) is 1. The van der Waals surface area contributed by atoms with Gasteiger partial charge in [0.2, 0.25) is 5.89 Å². The highest BCUT2D eigenvalue weighted by Crippen LogP contribution is 2.15. The Balaban J connectivity index is 2.49. The van der Waals surface area contributed by atoms with Crippen molar-refractivity contribution in [3.8, 4) is 11.6 Å². The van der Waals surface area contributed by atoms with E-state index in [-0.39, 0.29) is 0 Å². The van der Waals surface area contributed by atoms with Crippen LogP contribution in [0.1, 0.15) is 5.69 Å². The third-order valence-corrected chi connectivity index (χ3v) is 1.64. The maximum atomic E-state index is 5.58. The Morgan fingerprint density at radius 2 is 2.23 bits per heavy atom. The van der Waals surface area contributed by atoms with Crippen molar-refractivity contribution in [2.24, 2.45) is 0 Å². The van der Waals surface area contributed by atoms with Gasteiger partial charge >= 0.3 is 0 Å². The lowest BCUT2D eigenvalue weighted by molar-refractivity contribution is 0.571. The first-order valence-corrected chi connectivity index (χ1v) is 3.76. The minimum atomic E-state index is 0.399. The van der Waals surface area contributed by atoms with Crippen molar-refractivity contribution in [2.75, 3.05) is 5.73 Å². The Morgan fingerprint density at radius 1 is 1.38 bits per heavy atom. The van der Waals surface area contributed by atoms with Crippen molar-refractivity contribution in [1.29, 1.82) is 0 Å². The molecule has 0 fully saturated rings. The monoisotopic (exact) mass is 176 g/mol. The number of anilines is 1. The Morgan fingerprint density at radius 3 is 2.85 bits per heavy atom. The zero-order valence-corrected chi connectivity index (χ0v) is 7.06. The van der Waals surface area contributed by atoms with Gasteiger partial charge in [-0.15, -0.1) is 0 Å². The third kappa shape index (κ3) is 1.35. The Labute approximate surface area is 74.6 Å². The molecule has 0 bridgehead atoms. The lowest BCUT2D eigenvalue weighted by Crippen LogP contribution is -1.98. The summed E-state index contributed by atoms with van der Waals surface area (Å²) in [5, 5.41) is 0. The highest BCUT2D eigenvalue weighted by molar-refractivity contribution is 5.49. The first kappa shape index (κ1) is 7.72. The summed E-state index contributed by atoms with van der Waals surface area (Å²) in [6.07, 6.45) is 4.61. The van der Waals surface area contributed by atoms with Crippen molar-refractivity contribution in [3.63, 3.8) is 0 Å². The summed E-state index contributed by atoms with van der Waals surface area (Å²) in [5.41, 5.74) is 6.84. The van der Waals surface area contributed by atoms with Gasteiger partial charge in [0.05, 0.1) is 18.1 Å². The van der Waals surface area contributed by atoms with Crippen LogP contribution in [0.3, 0.4) is 0 Å². The molecule has 0 saturated carbocycles. The largest absolute Gasteiger partial charge is 0.443 e. The summed E-state index contributed by atoms with van der Waals surface area (Å²) in [7, 11) is 0. The minimum Gasteiger partial charge on any atom is -0.443 e. The highest BCUT2D eigenvalue weighted by Gasteiger charge is 2.06. The van der Waals surface area contributed by atoms with Crippen LogP contribution < -0.4 is 5.73 Å². The molecule has 66 valence electrons. The van der Waals surface area contributed by atoms with Crippen LogP contribution in [0.4, 0.5) is 5.82 Å². The van der Waals surface area contributed by atoms with Crippen LogP contribution in [0, 0.1) is 6.92 Å². The molecule has 0 atom stereocenters. The normalized spacial score (nSPS) is 10.2. The summed E-state index contributed by atoms with van der Waals surface area (Å²) in [5.74, 6) is 0.829. The van der Waals surface area contributed by atoms with Gasteiger partial charge in [-0.05, 0) is 6.92 Å². The lowest BCUT2D eigenvalue weighted by Gasteiger charge is -1.98. The lowest BCUT2D eigenvalue weighted by atomic mass is 10.4. The fourth-order valence-electron chi connectivity index (χ4n) is 0.917. The minimum absolute atomic E-state index is 0.399. The van der Waals surface area contributed by atoms with E-state index in [1.807, 2.05) is 0 Å². The zero-order valence-electron chi connectivity index (χ0n) is 7.06. The van der Waals surface area contributed by atoms with E-state index in [1.165, 1.54) is 6.26 Å². The molecule has 2 aromatic rings. The second-order valence-corrected chi connectivity index (χ2v) is 2.56. The topological polar surface area (TPSA) is 77.8 Å².